The van der Waals surface area contributed by atoms with Gasteiger partial charge in [0.05, 0.1) is 0 Å². The summed E-state index contributed by atoms with van der Waals surface area (Å²) in [5.41, 5.74) is -0.349. The van der Waals surface area contributed by atoms with Crippen molar-refractivity contribution < 1.29 is 9.53 Å². The van der Waals surface area contributed by atoms with E-state index < -0.39 is 0 Å². The Labute approximate surface area is 88.0 Å². The third kappa shape index (κ3) is 6.93. The highest BCUT2D eigenvalue weighted by molar-refractivity contribution is 5.69. The maximum Gasteiger partial charge on any atom is 0.306 e. The van der Waals surface area contributed by atoms with Crippen LogP contribution in [-0.2, 0) is 9.53 Å². The second kappa shape index (κ2) is 5.38. The molecule has 0 amide bonds. The Bertz CT molecular complexity index is 177. The summed E-state index contributed by atoms with van der Waals surface area (Å²) in [5.74, 6) is 1.14. The van der Waals surface area contributed by atoms with Gasteiger partial charge in [-0.15, -0.1) is 0 Å². The molecule has 0 saturated carbocycles. The molecule has 84 valence electrons. The van der Waals surface area contributed by atoms with Gasteiger partial charge in [0.1, 0.15) is 5.60 Å². The lowest BCUT2D eigenvalue weighted by atomic mass is 9.93. The van der Waals surface area contributed by atoms with Crippen LogP contribution in [0.5, 0.6) is 0 Å². The molecule has 0 N–H and O–H groups in total. The summed E-state index contributed by atoms with van der Waals surface area (Å²) in [7, 11) is 0. The molecule has 0 bridgehead atoms. The minimum Gasteiger partial charge on any atom is -0.460 e. The average Bonchev–Trinajstić information content (AvgIpc) is 1.96. The van der Waals surface area contributed by atoms with Crippen LogP contribution in [0.25, 0.3) is 0 Å². The van der Waals surface area contributed by atoms with E-state index in [1.807, 2.05) is 20.8 Å². The van der Waals surface area contributed by atoms with Crippen LogP contribution in [0.2, 0.25) is 0 Å². The first-order chi connectivity index (χ1) is 6.22. The Hall–Kier alpha value is -0.530. The van der Waals surface area contributed by atoms with E-state index in [-0.39, 0.29) is 11.6 Å². The molecule has 2 heteroatoms. The van der Waals surface area contributed by atoms with Gasteiger partial charge in [-0.25, -0.2) is 0 Å². The normalized spacial score (nSPS) is 14.2. The van der Waals surface area contributed by atoms with Crippen LogP contribution in [0.3, 0.4) is 0 Å². The maximum atomic E-state index is 11.4. The van der Waals surface area contributed by atoms with Crippen LogP contribution < -0.4 is 0 Å². The summed E-state index contributed by atoms with van der Waals surface area (Å²) in [6.45, 7) is 12.2. The van der Waals surface area contributed by atoms with E-state index in [2.05, 4.69) is 20.8 Å². The van der Waals surface area contributed by atoms with Gasteiger partial charge < -0.3 is 4.74 Å². The van der Waals surface area contributed by atoms with Crippen molar-refractivity contribution in [1.82, 2.24) is 0 Å². The standard InChI is InChI=1S/C12H24O2/c1-9(2)10(3)7-8-11(13)14-12(4,5)6/h9-10H,7-8H2,1-6H3. The Balaban J connectivity index is 3.75. The summed E-state index contributed by atoms with van der Waals surface area (Å²) >= 11 is 0. The lowest BCUT2D eigenvalue weighted by Gasteiger charge is -2.20. The molecule has 1 atom stereocenters. The molecule has 0 fully saturated rings. The predicted molar refractivity (Wildman–Crippen MR) is 59.1 cm³/mol. The Morgan fingerprint density at radius 1 is 1.21 bits per heavy atom. The van der Waals surface area contributed by atoms with Crippen LogP contribution in [0.1, 0.15) is 54.4 Å². The molecule has 0 heterocycles. The molecule has 0 radical (unpaired) electrons. The van der Waals surface area contributed by atoms with Gasteiger partial charge in [0.15, 0.2) is 0 Å². The molecule has 0 aromatic heterocycles. The zero-order valence-electron chi connectivity index (χ0n) is 10.4. The number of hydrogen-bond donors (Lipinski definition) is 0. The van der Waals surface area contributed by atoms with Gasteiger partial charge in [-0.1, -0.05) is 20.8 Å². The fourth-order valence-corrected chi connectivity index (χ4v) is 1.07. The van der Waals surface area contributed by atoms with Crippen LogP contribution in [0.15, 0.2) is 0 Å². The number of carbonyl (C=O) groups excluding carboxylic acids is 1. The number of carbonyl (C=O) groups is 1. The lowest BCUT2D eigenvalue weighted by Crippen LogP contribution is -2.24. The number of hydrogen-bond acceptors (Lipinski definition) is 2. The Morgan fingerprint density at radius 3 is 2.07 bits per heavy atom. The summed E-state index contributed by atoms with van der Waals surface area (Å²) in [4.78, 5) is 11.4. The van der Waals surface area contributed by atoms with Gasteiger partial charge in [0, 0.05) is 6.42 Å². The number of esters is 1. The quantitative estimate of drug-likeness (QED) is 0.650. The van der Waals surface area contributed by atoms with E-state index in [0.717, 1.165) is 6.42 Å². The maximum absolute atomic E-state index is 11.4. The van der Waals surface area contributed by atoms with Gasteiger partial charge in [-0.05, 0) is 39.0 Å². The van der Waals surface area contributed by atoms with Crippen molar-refractivity contribution in [3.63, 3.8) is 0 Å². The van der Waals surface area contributed by atoms with Gasteiger partial charge in [-0.3, -0.25) is 4.79 Å². The summed E-state index contributed by atoms with van der Waals surface area (Å²) in [6, 6.07) is 0. The second-order valence-corrected chi connectivity index (χ2v) is 5.35. The van der Waals surface area contributed by atoms with Crippen molar-refractivity contribution in [2.45, 2.75) is 60.0 Å². The smallest absolute Gasteiger partial charge is 0.306 e. The summed E-state index contributed by atoms with van der Waals surface area (Å²) < 4.78 is 5.23. The van der Waals surface area contributed by atoms with Crippen molar-refractivity contribution >= 4 is 5.97 Å². The third-order valence-electron chi connectivity index (χ3n) is 2.36. The molecule has 0 rings (SSSR count). The lowest BCUT2D eigenvalue weighted by molar-refractivity contribution is -0.155. The van der Waals surface area contributed by atoms with Crippen molar-refractivity contribution in [1.29, 1.82) is 0 Å². The van der Waals surface area contributed by atoms with Crippen molar-refractivity contribution in [2.75, 3.05) is 0 Å². The van der Waals surface area contributed by atoms with E-state index in [1.165, 1.54) is 0 Å². The molecule has 14 heavy (non-hydrogen) atoms. The first-order valence-electron chi connectivity index (χ1n) is 5.44. The highest BCUT2D eigenvalue weighted by Crippen LogP contribution is 2.17. The van der Waals surface area contributed by atoms with E-state index >= 15 is 0 Å². The molecular formula is C12H24O2. The van der Waals surface area contributed by atoms with Crippen LogP contribution >= 0.6 is 0 Å². The minimum atomic E-state index is -0.349. The van der Waals surface area contributed by atoms with E-state index in [1.54, 1.807) is 0 Å². The van der Waals surface area contributed by atoms with Crippen molar-refractivity contribution in [3.8, 4) is 0 Å². The first-order valence-corrected chi connectivity index (χ1v) is 5.44. The van der Waals surface area contributed by atoms with Crippen LogP contribution in [0.4, 0.5) is 0 Å². The molecule has 0 saturated heterocycles. The third-order valence-corrected chi connectivity index (χ3v) is 2.36. The summed E-state index contributed by atoms with van der Waals surface area (Å²) in [5, 5.41) is 0. The molecule has 1 unspecified atom stereocenters. The molecular weight excluding hydrogens is 176 g/mol. The highest BCUT2D eigenvalue weighted by atomic mass is 16.6. The molecule has 0 aromatic rings. The number of ether oxygens (including phenoxy) is 1. The minimum absolute atomic E-state index is 0.0787. The number of rotatable bonds is 4. The molecule has 0 spiro atoms. The molecule has 0 aliphatic heterocycles. The zero-order valence-corrected chi connectivity index (χ0v) is 10.4. The van der Waals surface area contributed by atoms with Crippen molar-refractivity contribution in [2.24, 2.45) is 11.8 Å². The molecule has 0 aromatic carbocycles. The van der Waals surface area contributed by atoms with Crippen LogP contribution in [0, 0.1) is 11.8 Å². The monoisotopic (exact) mass is 200 g/mol. The topological polar surface area (TPSA) is 26.3 Å². The largest absolute Gasteiger partial charge is 0.460 e. The van der Waals surface area contributed by atoms with Crippen LogP contribution in [-0.4, -0.2) is 11.6 Å². The first kappa shape index (κ1) is 13.5. The zero-order chi connectivity index (χ0) is 11.4. The van der Waals surface area contributed by atoms with Gasteiger partial charge in [-0.2, -0.15) is 0 Å². The van der Waals surface area contributed by atoms with E-state index in [9.17, 15) is 4.79 Å². The van der Waals surface area contributed by atoms with Gasteiger partial charge in [0.25, 0.3) is 0 Å². The van der Waals surface area contributed by atoms with E-state index in [0.29, 0.717) is 18.3 Å². The molecule has 0 aliphatic carbocycles. The Kier molecular flexibility index (Phi) is 5.17. The summed E-state index contributed by atoms with van der Waals surface area (Å²) in [6.07, 6.45) is 1.46. The SMILES string of the molecule is CC(C)C(C)CCC(=O)OC(C)(C)C. The fraction of sp³-hybridized carbons (Fsp3) is 0.917. The van der Waals surface area contributed by atoms with Crippen molar-refractivity contribution in [3.05, 3.63) is 0 Å². The Morgan fingerprint density at radius 2 is 1.71 bits per heavy atom. The van der Waals surface area contributed by atoms with E-state index in [4.69, 9.17) is 4.74 Å². The average molecular weight is 200 g/mol. The second-order valence-electron chi connectivity index (χ2n) is 5.35. The molecule has 2 nitrogen and oxygen atoms in total. The predicted octanol–water partition coefficient (Wildman–Crippen LogP) is 3.40. The van der Waals surface area contributed by atoms with Gasteiger partial charge in [0.2, 0.25) is 0 Å². The fourth-order valence-electron chi connectivity index (χ4n) is 1.07. The molecule has 0 aliphatic rings. The van der Waals surface area contributed by atoms with Gasteiger partial charge >= 0.3 is 5.97 Å². The highest BCUT2D eigenvalue weighted by Gasteiger charge is 2.17.